The van der Waals surface area contributed by atoms with Crippen LogP contribution < -0.4 is 21.8 Å². The maximum atomic E-state index is 11.8. The number of H-pyrrole nitrogens is 1. The zero-order valence-electron chi connectivity index (χ0n) is 12.2. The van der Waals surface area contributed by atoms with Crippen LogP contribution in [0.2, 0.25) is 0 Å². The van der Waals surface area contributed by atoms with E-state index in [0.29, 0.717) is 24.6 Å². The topological polar surface area (TPSA) is 133 Å². The number of carbonyl (C=O) groups excluding carboxylic acids is 1. The number of aromatic nitrogens is 1. The normalized spacial score (nSPS) is 11.9. The van der Waals surface area contributed by atoms with E-state index < -0.39 is 17.1 Å². The number of nitrogens with zero attached hydrogens (tertiary/aromatic N) is 1. The maximum absolute atomic E-state index is 11.8. The Kier molecular flexibility index (Phi) is 6.42. The molecule has 0 spiro atoms. The zero-order valence-corrected chi connectivity index (χ0v) is 12.2. The van der Waals surface area contributed by atoms with E-state index in [9.17, 15) is 9.59 Å². The third kappa shape index (κ3) is 4.82. The minimum absolute atomic E-state index is 0.0670. The molecule has 22 heavy (non-hydrogen) atoms. The number of aliphatic imine (C=N–C) groups is 1. The second-order valence-corrected chi connectivity index (χ2v) is 4.17. The van der Waals surface area contributed by atoms with E-state index >= 15 is 0 Å². The predicted molar refractivity (Wildman–Crippen MR) is 84.6 cm³/mol. The van der Waals surface area contributed by atoms with Gasteiger partial charge in [0.25, 0.3) is 5.91 Å². The molecule has 0 aliphatic carbocycles. The summed E-state index contributed by atoms with van der Waals surface area (Å²) >= 11 is 0. The monoisotopic (exact) mass is 305 g/mol. The van der Waals surface area contributed by atoms with E-state index in [1.807, 2.05) is 0 Å². The Morgan fingerprint density at radius 2 is 2.18 bits per heavy atom. The van der Waals surface area contributed by atoms with Crippen LogP contribution in [-0.4, -0.2) is 35.3 Å². The lowest BCUT2D eigenvalue weighted by Crippen LogP contribution is -2.32. The van der Waals surface area contributed by atoms with Gasteiger partial charge in [0.05, 0.1) is 5.70 Å². The summed E-state index contributed by atoms with van der Waals surface area (Å²) in [5, 5.41) is 14.7. The van der Waals surface area contributed by atoms with Crippen LogP contribution in [-0.2, 0) is 0 Å². The molecule has 8 heteroatoms. The fraction of sp³-hybridized carbons (Fsp3) is 0.214. The number of hydrogen-bond donors (Lipinski definition) is 5. The van der Waals surface area contributed by atoms with E-state index in [1.54, 1.807) is 13.1 Å². The Balaban J connectivity index is 2.52. The zero-order chi connectivity index (χ0) is 16.5. The van der Waals surface area contributed by atoms with E-state index in [4.69, 9.17) is 10.8 Å². The molecule has 8 nitrogen and oxygen atoms in total. The molecule has 0 saturated heterocycles. The summed E-state index contributed by atoms with van der Waals surface area (Å²) in [6.45, 7) is 6.05. The largest absolute Gasteiger partial charge is 0.503 e. The minimum atomic E-state index is -0.621. The molecule has 0 atom stereocenters. The quantitative estimate of drug-likeness (QED) is 0.270. The van der Waals surface area contributed by atoms with Gasteiger partial charge >= 0.3 is 0 Å². The van der Waals surface area contributed by atoms with Crippen LogP contribution in [0.5, 0.6) is 5.75 Å². The Bertz CT molecular complexity index is 661. The van der Waals surface area contributed by atoms with Crippen molar-refractivity contribution in [1.82, 2.24) is 15.6 Å². The van der Waals surface area contributed by atoms with Gasteiger partial charge in [-0.2, -0.15) is 0 Å². The van der Waals surface area contributed by atoms with Gasteiger partial charge in [-0.15, -0.1) is 0 Å². The molecular formula is C14H19N5O3. The molecule has 1 rings (SSSR count). The predicted octanol–water partition coefficient (Wildman–Crippen LogP) is -0.196. The van der Waals surface area contributed by atoms with Crippen molar-refractivity contribution in [1.29, 1.82) is 0 Å². The van der Waals surface area contributed by atoms with E-state index in [1.165, 1.54) is 6.08 Å². The molecule has 0 saturated carbocycles. The van der Waals surface area contributed by atoms with Crippen LogP contribution in [0.25, 0.3) is 0 Å². The average molecular weight is 305 g/mol. The van der Waals surface area contributed by atoms with Gasteiger partial charge < -0.3 is 26.5 Å². The summed E-state index contributed by atoms with van der Waals surface area (Å²) in [5.41, 5.74) is 5.71. The van der Waals surface area contributed by atoms with Crippen molar-refractivity contribution in [3.05, 3.63) is 52.4 Å². The number of aromatic hydroxyl groups is 1. The van der Waals surface area contributed by atoms with Crippen molar-refractivity contribution < 1.29 is 9.90 Å². The Morgan fingerprint density at radius 3 is 2.77 bits per heavy atom. The van der Waals surface area contributed by atoms with Crippen molar-refractivity contribution in [2.24, 2.45) is 10.7 Å². The standard InChI is InChI=1S/C14H19N5O3/c1-3-9(13(15)16-4-2)17-5-6-18-14(22)10-7-11(20)12(21)8-19-10/h3-4,7-8,17,21H,1,5-6,15H2,2H3,(H,18,22)(H,19,20)/b13-9+,16-4?. The van der Waals surface area contributed by atoms with Gasteiger partial charge in [-0.05, 0) is 13.0 Å². The lowest BCUT2D eigenvalue weighted by atomic mass is 10.3. The SMILES string of the molecule is C=C/C(NCCNC(=O)c1cc(=O)c(O)c[nH]1)=C(/N)N=CC. The summed E-state index contributed by atoms with van der Waals surface area (Å²) in [4.78, 5) is 29.5. The summed E-state index contributed by atoms with van der Waals surface area (Å²) in [6.07, 6.45) is 4.16. The number of nitrogens with one attached hydrogen (secondary N) is 3. The average Bonchev–Trinajstić information content (AvgIpc) is 2.50. The Hall–Kier alpha value is -3.03. The second-order valence-electron chi connectivity index (χ2n) is 4.17. The van der Waals surface area contributed by atoms with Gasteiger partial charge in [0.2, 0.25) is 5.43 Å². The van der Waals surface area contributed by atoms with Crippen molar-refractivity contribution >= 4 is 12.1 Å². The van der Waals surface area contributed by atoms with Crippen LogP contribution in [0.3, 0.4) is 0 Å². The number of aromatic amines is 1. The molecule has 1 aromatic heterocycles. The van der Waals surface area contributed by atoms with Gasteiger partial charge in [-0.3, -0.25) is 9.59 Å². The molecule has 1 aromatic rings. The molecular weight excluding hydrogens is 286 g/mol. The third-order valence-corrected chi connectivity index (χ3v) is 2.61. The highest BCUT2D eigenvalue weighted by Crippen LogP contribution is 1.99. The molecule has 0 unspecified atom stereocenters. The van der Waals surface area contributed by atoms with Gasteiger partial charge in [0.15, 0.2) is 5.75 Å². The molecule has 1 heterocycles. The highest BCUT2D eigenvalue weighted by Gasteiger charge is 2.07. The first-order chi connectivity index (χ1) is 10.5. The highest BCUT2D eigenvalue weighted by atomic mass is 16.3. The highest BCUT2D eigenvalue weighted by molar-refractivity contribution is 5.92. The third-order valence-electron chi connectivity index (χ3n) is 2.61. The number of nitrogens with two attached hydrogens (primary N) is 1. The number of allylic oxidation sites excluding steroid dienone is 1. The lowest BCUT2D eigenvalue weighted by Gasteiger charge is -2.09. The fourth-order valence-electron chi connectivity index (χ4n) is 1.54. The molecule has 0 aromatic carbocycles. The van der Waals surface area contributed by atoms with Gasteiger partial charge in [0.1, 0.15) is 11.5 Å². The van der Waals surface area contributed by atoms with Gasteiger partial charge in [-0.25, -0.2) is 4.99 Å². The summed E-state index contributed by atoms with van der Waals surface area (Å²) in [6, 6.07) is 1.03. The second kappa shape index (κ2) is 8.30. The summed E-state index contributed by atoms with van der Waals surface area (Å²) in [5.74, 6) is -0.597. The molecule has 1 amide bonds. The summed E-state index contributed by atoms with van der Waals surface area (Å²) in [7, 11) is 0. The van der Waals surface area contributed by atoms with Crippen LogP contribution in [0.4, 0.5) is 0 Å². The van der Waals surface area contributed by atoms with E-state index in [0.717, 1.165) is 12.3 Å². The maximum Gasteiger partial charge on any atom is 0.267 e. The summed E-state index contributed by atoms with van der Waals surface area (Å²) < 4.78 is 0. The van der Waals surface area contributed by atoms with Gasteiger partial charge in [-0.1, -0.05) is 6.58 Å². The van der Waals surface area contributed by atoms with Crippen LogP contribution >= 0.6 is 0 Å². The van der Waals surface area contributed by atoms with Crippen molar-refractivity contribution in [3.63, 3.8) is 0 Å². The van der Waals surface area contributed by atoms with Crippen LogP contribution in [0.1, 0.15) is 17.4 Å². The fourth-order valence-corrected chi connectivity index (χ4v) is 1.54. The number of pyridine rings is 1. The van der Waals surface area contributed by atoms with Crippen molar-refractivity contribution in [3.8, 4) is 5.75 Å². The molecule has 0 aliphatic heterocycles. The molecule has 6 N–H and O–H groups in total. The van der Waals surface area contributed by atoms with Crippen molar-refractivity contribution in [2.45, 2.75) is 6.92 Å². The smallest absolute Gasteiger partial charge is 0.267 e. The van der Waals surface area contributed by atoms with Crippen molar-refractivity contribution in [2.75, 3.05) is 13.1 Å². The Labute approximate surface area is 127 Å². The first-order valence-corrected chi connectivity index (χ1v) is 6.54. The first kappa shape index (κ1) is 17.0. The Morgan fingerprint density at radius 1 is 1.50 bits per heavy atom. The van der Waals surface area contributed by atoms with Crippen LogP contribution in [0, 0.1) is 0 Å². The molecule has 0 radical (unpaired) electrons. The molecule has 118 valence electrons. The number of hydrogen-bond acceptors (Lipinski definition) is 6. The van der Waals surface area contributed by atoms with E-state index in [2.05, 4.69) is 27.2 Å². The van der Waals surface area contributed by atoms with E-state index in [-0.39, 0.29) is 5.69 Å². The number of rotatable bonds is 7. The van der Waals surface area contributed by atoms with Crippen LogP contribution in [0.15, 0.2) is 46.2 Å². The first-order valence-electron chi connectivity index (χ1n) is 6.54. The minimum Gasteiger partial charge on any atom is -0.503 e. The molecule has 0 aliphatic rings. The van der Waals surface area contributed by atoms with Gasteiger partial charge in [0, 0.05) is 31.6 Å². The number of amides is 1. The number of carbonyl (C=O) groups is 1. The molecule has 0 fully saturated rings. The molecule has 0 bridgehead atoms. The lowest BCUT2D eigenvalue weighted by molar-refractivity contribution is 0.0949.